The maximum absolute atomic E-state index is 12.2. The van der Waals surface area contributed by atoms with Crippen LogP contribution < -0.4 is 14.9 Å². The Morgan fingerprint density at radius 3 is 2.32 bits per heavy atom. The number of hydrazone groups is 1. The van der Waals surface area contributed by atoms with Crippen LogP contribution in [-0.4, -0.2) is 29.9 Å². The predicted octanol–water partition coefficient (Wildman–Crippen LogP) is 3.34. The second kappa shape index (κ2) is 8.19. The average Bonchev–Trinajstić information content (AvgIpc) is 2.59. The summed E-state index contributed by atoms with van der Waals surface area (Å²) in [7, 11) is 1.52. The summed E-state index contributed by atoms with van der Waals surface area (Å²) < 4.78 is 10.6. The number of methoxy groups -OCH3 is 1. The molecule has 0 aromatic heterocycles. The van der Waals surface area contributed by atoms with Crippen LogP contribution in [0, 0.1) is 0 Å². The summed E-state index contributed by atoms with van der Waals surface area (Å²) in [5.41, 5.74) is 3.94. The number of aromatic hydroxyl groups is 1. The summed E-state index contributed by atoms with van der Waals surface area (Å²) in [6.07, 6.45) is 0.0732. The highest BCUT2D eigenvalue weighted by Crippen LogP contribution is 2.23. The van der Waals surface area contributed by atoms with Crippen LogP contribution in [0.25, 0.3) is 0 Å². The van der Waals surface area contributed by atoms with Gasteiger partial charge in [0.2, 0.25) is 0 Å². The van der Waals surface area contributed by atoms with Crippen molar-refractivity contribution >= 4 is 11.6 Å². The van der Waals surface area contributed by atoms with E-state index in [0.717, 1.165) is 0 Å². The highest BCUT2D eigenvalue weighted by molar-refractivity contribution is 6.02. The lowest BCUT2D eigenvalue weighted by atomic mass is 10.1. The van der Waals surface area contributed by atoms with E-state index in [9.17, 15) is 9.90 Å². The molecule has 0 aliphatic carbocycles. The molecule has 0 saturated heterocycles. The summed E-state index contributed by atoms with van der Waals surface area (Å²) >= 11 is 0. The summed E-state index contributed by atoms with van der Waals surface area (Å²) in [5, 5.41) is 14.0. The second-order valence-electron chi connectivity index (χ2n) is 5.71. The highest BCUT2D eigenvalue weighted by atomic mass is 16.5. The zero-order valence-corrected chi connectivity index (χ0v) is 14.7. The molecule has 1 amide bonds. The first-order chi connectivity index (χ1) is 11.9. The number of nitrogens with one attached hydrogen (secondary N) is 1. The molecule has 0 saturated carbocycles. The molecule has 0 atom stereocenters. The van der Waals surface area contributed by atoms with Gasteiger partial charge in [-0.05, 0) is 57.2 Å². The fourth-order valence-corrected chi connectivity index (χ4v) is 2.16. The van der Waals surface area contributed by atoms with Gasteiger partial charge in [-0.25, -0.2) is 5.43 Å². The van der Waals surface area contributed by atoms with Crippen LogP contribution in [0.4, 0.5) is 0 Å². The molecule has 6 heteroatoms. The monoisotopic (exact) mass is 342 g/mol. The standard InChI is InChI=1S/C19H22N2O4/c1-12(2)25-15-7-5-14(6-8-15)19(23)21-20-13(3)17-10-9-16(24-4)11-18(17)22/h5-12,22H,1-4H3,(H,21,23)/b20-13+. The molecule has 0 aliphatic rings. The second-order valence-corrected chi connectivity index (χ2v) is 5.71. The predicted molar refractivity (Wildman–Crippen MR) is 96.5 cm³/mol. The van der Waals surface area contributed by atoms with Crippen LogP contribution in [0.1, 0.15) is 36.7 Å². The molecule has 0 heterocycles. The van der Waals surface area contributed by atoms with Crippen molar-refractivity contribution < 1.29 is 19.4 Å². The van der Waals surface area contributed by atoms with Gasteiger partial charge in [-0.1, -0.05) is 0 Å². The number of hydrogen-bond acceptors (Lipinski definition) is 5. The molecule has 0 bridgehead atoms. The number of ether oxygens (including phenoxy) is 2. The first kappa shape index (κ1) is 18.3. The average molecular weight is 342 g/mol. The van der Waals surface area contributed by atoms with Crippen LogP contribution in [0.15, 0.2) is 47.6 Å². The SMILES string of the molecule is COc1ccc(/C(C)=N/NC(=O)c2ccc(OC(C)C)cc2)c(O)c1. The summed E-state index contributed by atoms with van der Waals surface area (Å²) in [5.74, 6) is 0.935. The molecule has 2 aromatic carbocycles. The molecule has 2 aromatic rings. The molecule has 0 unspecified atom stereocenters. The molecule has 132 valence electrons. The number of nitrogens with zero attached hydrogens (tertiary/aromatic N) is 1. The molecule has 0 fully saturated rings. The van der Waals surface area contributed by atoms with Crippen LogP contribution in [0.5, 0.6) is 17.2 Å². The van der Waals surface area contributed by atoms with Crippen molar-refractivity contribution in [2.45, 2.75) is 26.9 Å². The van der Waals surface area contributed by atoms with Crippen LogP contribution in [-0.2, 0) is 0 Å². The van der Waals surface area contributed by atoms with Crippen LogP contribution >= 0.6 is 0 Å². The lowest BCUT2D eigenvalue weighted by Crippen LogP contribution is -2.19. The summed E-state index contributed by atoms with van der Waals surface area (Å²) in [6.45, 7) is 5.57. The molecule has 0 radical (unpaired) electrons. The van der Waals surface area contributed by atoms with E-state index in [1.165, 1.54) is 13.2 Å². The third kappa shape index (κ3) is 4.97. The molecular formula is C19H22N2O4. The topological polar surface area (TPSA) is 80.2 Å². The number of benzene rings is 2. The number of amides is 1. The minimum Gasteiger partial charge on any atom is -0.507 e. The Bertz CT molecular complexity index is 767. The first-order valence-electron chi connectivity index (χ1n) is 7.89. The van der Waals surface area contributed by atoms with E-state index in [2.05, 4.69) is 10.5 Å². The van der Waals surface area contributed by atoms with Gasteiger partial charge in [0.1, 0.15) is 17.2 Å². The molecule has 0 spiro atoms. The Hall–Kier alpha value is -3.02. The zero-order valence-electron chi connectivity index (χ0n) is 14.7. The summed E-state index contributed by atoms with van der Waals surface area (Å²) in [6, 6.07) is 11.7. The van der Waals surface area contributed by atoms with Crippen molar-refractivity contribution in [1.29, 1.82) is 0 Å². The maximum atomic E-state index is 12.2. The van der Waals surface area contributed by atoms with Gasteiger partial charge < -0.3 is 14.6 Å². The van der Waals surface area contributed by atoms with Crippen LogP contribution in [0.3, 0.4) is 0 Å². The molecule has 2 rings (SSSR count). The van der Waals surface area contributed by atoms with Crippen molar-refractivity contribution in [3.05, 3.63) is 53.6 Å². The number of carbonyl (C=O) groups excluding carboxylic acids is 1. The Morgan fingerprint density at radius 2 is 1.76 bits per heavy atom. The van der Waals surface area contributed by atoms with E-state index < -0.39 is 0 Å². The maximum Gasteiger partial charge on any atom is 0.271 e. The van der Waals surface area contributed by atoms with E-state index in [1.807, 2.05) is 13.8 Å². The van der Waals surface area contributed by atoms with Crippen molar-refractivity contribution in [2.24, 2.45) is 5.10 Å². The van der Waals surface area contributed by atoms with E-state index in [0.29, 0.717) is 28.3 Å². The minimum absolute atomic E-state index is 0.0324. The van der Waals surface area contributed by atoms with Crippen molar-refractivity contribution in [2.75, 3.05) is 7.11 Å². The fourth-order valence-electron chi connectivity index (χ4n) is 2.16. The number of phenols is 1. The first-order valence-corrected chi connectivity index (χ1v) is 7.89. The Morgan fingerprint density at radius 1 is 1.12 bits per heavy atom. The molecular weight excluding hydrogens is 320 g/mol. The Labute approximate surface area is 147 Å². The Balaban J connectivity index is 2.06. The number of hydrogen-bond donors (Lipinski definition) is 2. The van der Waals surface area contributed by atoms with E-state index >= 15 is 0 Å². The van der Waals surface area contributed by atoms with Gasteiger partial charge in [-0.3, -0.25) is 4.79 Å². The zero-order chi connectivity index (χ0) is 18.4. The van der Waals surface area contributed by atoms with Gasteiger partial charge in [0.15, 0.2) is 0 Å². The lowest BCUT2D eigenvalue weighted by molar-refractivity contribution is 0.0954. The number of phenolic OH excluding ortho intramolecular Hbond substituents is 1. The largest absolute Gasteiger partial charge is 0.507 e. The quantitative estimate of drug-likeness (QED) is 0.623. The minimum atomic E-state index is -0.344. The highest BCUT2D eigenvalue weighted by Gasteiger charge is 2.09. The van der Waals surface area contributed by atoms with Crippen molar-refractivity contribution in [3.63, 3.8) is 0 Å². The summed E-state index contributed by atoms with van der Waals surface area (Å²) in [4.78, 5) is 12.2. The van der Waals surface area contributed by atoms with Gasteiger partial charge in [-0.15, -0.1) is 0 Å². The van der Waals surface area contributed by atoms with Crippen molar-refractivity contribution in [3.8, 4) is 17.2 Å². The van der Waals surface area contributed by atoms with E-state index in [4.69, 9.17) is 9.47 Å². The fraction of sp³-hybridized carbons (Fsp3) is 0.263. The van der Waals surface area contributed by atoms with Gasteiger partial charge >= 0.3 is 0 Å². The molecule has 25 heavy (non-hydrogen) atoms. The van der Waals surface area contributed by atoms with Crippen LogP contribution in [0.2, 0.25) is 0 Å². The van der Waals surface area contributed by atoms with Gasteiger partial charge in [0.25, 0.3) is 5.91 Å². The lowest BCUT2D eigenvalue weighted by Gasteiger charge is -2.10. The Kier molecular flexibility index (Phi) is 6.00. The van der Waals surface area contributed by atoms with E-state index in [1.54, 1.807) is 43.3 Å². The van der Waals surface area contributed by atoms with Gasteiger partial charge in [0, 0.05) is 17.2 Å². The molecule has 2 N–H and O–H groups in total. The third-order valence-corrected chi connectivity index (χ3v) is 3.41. The van der Waals surface area contributed by atoms with Gasteiger partial charge in [-0.2, -0.15) is 5.10 Å². The number of carbonyl (C=O) groups is 1. The third-order valence-electron chi connectivity index (χ3n) is 3.41. The van der Waals surface area contributed by atoms with Crippen molar-refractivity contribution in [1.82, 2.24) is 5.43 Å². The van der Waals surface area contributed by atoms with E-state index in [-0.39, 0.29) is 17.8 Å². The number of rotatable bonds is 6. The molecule has 6 nitrogen and oxygen atoms in total. The smallest absolute Gasteiger partial charge is 0.271 e. The normalized spacial score (nSPS) is 11.3. The molecule has 0 aliphatic heterocycles. The van der Waals surface area contributed by atoms with Gasteiger partial charge in [0.05, 0.1) is 18.9 Å².